The average molecular weight is 303 g/mol. The maximum atomic E-state index is 11.2. The number of carbonyl (C=O) groups excluding carboxylic acids is 1. The van der Waals surface area contributed by atoms with Crippen LogP contribution in [0.2, 0.25) is 0 Å². The molecule has 2 unspecified atom stereocenters. The molecule has 0 aliphatic rings. The van der Waals surface area contributed by atoms with E-state index in [1.165, 1.54) is 25.1 Å². The van der Waals surface area contributed by atoms with Crippen molar-refractivity contribution in [2.75, 3.05) is 5.33 Å². The van der Waals surface area contributed by atoms with Crippen LogP contribution in [0.5, 0.6) is 5.75 Å². The smallest absolute Gasteiger partial charge is 0.163 e. The Bertz CT molecular complexity index is 405. The minimum Gasteiger partial charge on any atom is -0.507 e. The Labute approximate surface area is 108 Å². The van der Waals surface area contributed by atoms with Crippen LogP contribution >= 0.6 is 15.9 Å². The fourth-order valence-corrected chi connectivity index (χ4v) is 1.98. The number of Topliss-reactive ketones (excluding diaryl/α,β-unsaturated/α-hetero) is 1. The van der Waals surface area contributed by atoms with Crippen molar-refractivity contribution < 1.29 is 20.1 Å². The molecule has 0 aliphatic heterocycles. The van der Waals surface area contributed by atoms with Gasteiger partial charge in [0.25, 0.3) is 0 Å². The first-order chi connectivity index (χ1) is 7.97. The van der Waals surface area contributed by atoms with E-state index in [4.69, 9.17) is 0 Å². The van der Waals surface area contributed by atoms with E-state index in [9.17, 15) is 20.1 Å². The third-order valence-electron chi connectivity index (χ3n) is 2.51. The number of rotatable bonds is 5. The lowest BCUT2D eigenvalue weighted by molar-refractivity contribution is 0.0173. The molecular formula is C12H15BrO4. The molecule has 1 aromatic carbocycles. The van der Waals surface area contributed by atoms with Crippen LogP contribution in [0.25, 0.3) is 0 Å². The Kier molecular flexibility index (Phi) is 5.11. The monoisotopic (exact) mass is 302 g/mol. The van der Waals surface area contributed by atoms with Crippen molar-refractivity contribution in [1.82, 2.24) is 0 Å². The highest BCUT2D eigenvalue weighted by Crippen LogP contribution is 2.25. The Morgan fingerprint density at radius 3 is 2.59 bits per heavy atom. The highest BCUT2D eigenvalue weighted by atomic mass is 79.9. The largest absolute Gasteiger partial charge is 0.507 e. The summed E-state index contributed by atoms with van der Waals surface area (Å²) in [5, 5.41) is 29.5. The highest BCUT2D eigenvalue weighted by molar-refractivity contribution is 9.09. The Balaban J connectivity index is 2.99. The van der Waals surface area contributed by atoms with E-state index in [-0.39, 0.29) is 17.1 Å². The average Bonchev–Trinajstić information content (AvgIpc) is 2.28. The summed E-state index contributed by atoms with van der Waals surface area (Å²) in [6.45, 7) is 1.33. The van der Waals surface area contributed by atoms with Gasteiger partial charge in [0.15, 0.2) is 5.78 Å². The number of hydrogen-bond donors (Lipinski definition) is 3. The summed E-state index contributed by atoms with van der Waals surface area (Å²) >= 11 is 3.17. The van der Waals surface area contributed by atoms with Crippen molar-refractivity contribution in [2.45, 2.75) is 25.6 Å². The molecular weight excluding hydrogens is 288 g/mol. The number of phenolic OH excluding ortho intramolecular Hbond substituents is 1. The molecule has 0 heterocycles. The summed E-state index contributed by atoms with van der Waals surface area (Å²) < 4.78 is 0. The zero-order chi connectivity index (χ0) is 13.0. The molecule has 0 saturated heterocycles. The van der Waals surface area contributed by atoms with E-state index in [2.05, 4.69) is 15.9 Å². The molecule has 0 fully saturated rings. The molecule has 0 amide bonds. The zero-order valence-corrected chi connectivity index (χ0v) is 11.0. The van der Waals surface area contributed by atoms with E-state index in [1.54, 1.807) is 0 Å². The highest BCUT2D eigenvalue weighted by Gasteiger charge is 2.19. The van der Waals surface area contributed by atoms with Gasteiger partial charge < -0.3 is 15.3 Å². The number of benzene rings is 1. The van der Waals surface area contributed by atoms with Crippen LogP contribution in [0.1, 0.15) is 35.4 Å². The van der Waals surface area contributed by atoms with Crippen molar-refractivity contribution in [3.8, 4) is 5.75 Å². The van der Waals surface area contributed by atoms with Gasteiger partial charge in [-0.2, -0.15) is 0 Å². The quantitative estimate of drug-likeness (QED) is 0.572. The summed E-state index contributed by atoms with van der Waals surface area (Å²) in [5.74, 6) is -0.407. The number of hydrogen-bond acceptors (Lipinski definition) is 4. The number of carbonyl (C=O) groups is 1. The van der Waals surface area contributed by atoms with Crippen molar-refractivity contribution in [2.24, 2.45) is 0 Å². The van der Waals surface area contributed by atoms with Gasteiger partial charge in [0.2, 0.25) is 0 Å². The summed E-state index contributed by atoms with van der Waals surface area (Å²) in [6.07, 6.45) is -1.57. The Morgan fingerprint density at radius 1 is 1.41 bits per heavy atom. The second-order valence-corrected chi connectivity index (χ2v) is 4.62. The Morgan fingerprint density at radius 2 is 2.06 bits per heavy atom. The first-order valence-corrected chi connectivity index (χ1v) is 6.35. The maximum absolute atomic E-state index is 11.2. The van der Waals surface area contributed by atoms with Crippen LogP contribution in [0.3, 0.4) is 0 Å². The molecule has 0 aliphatic carbocycles. The van der Waals surface area contributed by atoms with Crippen molar-refractivity contribution in [1.29, 1.82) is 0 Å². The first kappa shape index (κ1) is 14.2. The number of aromatic hydroxyl groups is 1. The van der Waals surface area contributed by atoms with Gasteiger partial charge >= 0.3 is 0 Å². The van der Waals surface area contributed by atoms with E-state index in [1.807, 2.05) is 0 Å². The van der Waals surface area contributed by atoms with Crippen molar-refractivity contribution >= 4 is 21.7 Å². The second-order valence-electron chi connectivity index (χ2n) is 3.82. The summed E-state index contributed by atoms with van der Waals surface area (Å²) in [7, 11) is 0. The minimum absolute atomic E-state index is 0.122. The molecule has 0 saturated carbocycles. The lowest BCUT2D eigenvalue weighted by Crippen LogP contribution is -2.18. The first-order valence-electron chi connectivity index (χ1n) is 5.23. The SMILES string of the molecule is CC(=O)c1cc(C(O)C(O)CCBr)ccc1O. The van der Waals surface area contributed by atoms with E-state index in [0.717, 1.165) is 0 Å². The molecule has 0 aromatic heterocycles. The van der Waals surface area contributed by atoms with Gasteiger partial charge in [-0.15, -0.1) is 0 Å². The number of ketones is 1. The van der Waals surface area contributed by atoms with Crippen LogP contribution < -0.4 is 0 Å². The third kappa shape index (κ3) is 3.52. The number of alkyl halides is 1. The molecule has 0 spiro atoms. The third-order valence-corrected chi connectivity index (χ3v) is 2.97. The summed E-state index contributed by atoms with van der Waals surface area (Å²) in [4.78, 5) is 11.2. The maximum Gasteiger partial charge on any atom is 0.163 e. The van der Waals surface area contributed by atoms with Crippen molar-refractivity contribution in [3.05, 3.63) is 29.3 Å². The summed E-state index contributed by atoms with van der Waals surface area (Å²) in [5.41, 5.74) is 0.564. The van der Waals surface area contributed by atoms with Crippen LogP contribution in [0.15, 0.2) is 18.2 Å². The molecule has 17 heavy (non-hydrogen) atoms. The molecule has 4 nitrogen and oxygen atoms in total. The molecule has 2 atom stereocenters. The van der Waals surface area contributed by atoms with Crippen molar-refractivity contribution in [3.63, 3.8) is 0 Å². The molecule has 1 rings (SSSR count). The fourth-order valence-electron chi connectivity index (χ4n) is 1.51. The predicted molar refractivity (Wildman–Crippen MR) is 67.5 cm³/mol. The molecule has 5 heteroatoms. The molecule has 0 radical (unpaired) electrons. The van der Waals surface area contributed by atoms with Gasteiger partial charge in [0, 0.05) is 5.33 Å². The van der Waals surface area contributed by atoms with Gasteiger partial charge in [-0.3, -0.25) is 4.79 Å². The molecule has 1 aromatic rings. The van der Waals surface area contributed by atoms with Gasteiger partial charge in [-0.1, -0.05) is 22.0 Å². The Hall–Kier alpha value is -0.910. The molecule has 94 valence electrons. The lowest BCUT2D eigenvalue weighted by Gasteiger charge is -2.18. The van der Waals surface area contributed by atoms with Crippen LogP contribution in [0, 0.1) is 0 Å². The van der Waals surface area contributed by atoms with E-state index in [0.29, 0.717) is 17.3 Å². The van der Waals surface area contributed by atoms with Crippen LogP contribution in [-0.4, -0.2) is 32.5 Å². The molecule has 3 N–H and O–H groups in total. The molecule has 0 bridgehead atoms. The standard InChI is InChI=1S/C12H15BrO4/c1-7(14)9-6-8(2-3-10(9)15)12(17)11(16)4-5-13/h2-3,6,11-12,15-17H,4-5H2,1H3. The zero-order valence-electron chi connectivity index (χ0n) is 9.43. The van der Waals surface area contributed by atoms with Gasteiger partial charge in [0.05, 0.1) is 11.7 Å². The van der Waals surface area contributed by atoms with Crippen LogP contribution in [-0.2, 0) is 0 Å². The predicted octanol–water partition coefficient (Wildman–Crippen LogP) is 1.77. The van der Waals surface area contributed by atoms with Crippen LogP contribution in [0.4, 0.5) is 0 Å². The lowest BCUT2D eigenvalue weighted by atomic mass is 9.99. The number of aliphatic hydroxyl groups is 2. The fraction of sp³-hybridized carbons (Fsp3) is 0.417. The van der Waals surface area contributed by atoms with Gasteiger partial charge in [0.1, 0.15) is 11.9 Å². The van der Waals surface area contributed by atoms with Gasteiger partial charge in [-0.25, -0.2) is 0 Å². The normalized spacial score (nSPS) is 14.4. The topological polar surface area (TPSA) is 77.8 Å². The summed E-state index contributed by atoms with van der Waals surface area (Å²) in [6, 6.07) is 4.24. The van der Waals surface area contributed by atoms with E-state index < -0.39 is 12.2 Å². The van der Waals surface area contributed by atoms with Gasteiger partial charge in [-0.05, 0) is 31.0 Å². The number of phenols is 1. The number of halogens is 1. The minimum atomic E-state index is -1.06. The number of aliphatic hydroxyl groups excluding tert-OH is 2. The van der Waals surface area contributed by atoms with E-state index >= 15 is 0 Å². The second kappa shape index (κ2) is 6.14.